The highest BCUT2D eigenvalue weighted by molar-refractivity contribution is 5.98. The van der Waals surface area contributed by atoms with Gasteiger partial charge in [-0.25, -0.2) is 0 Å². The number of alkyl halides is 3. The Morgan fingerprint density at radius 2 is 2.00 bits per heavy atom. The van der Waals surface area contributed by atoms with Crippen LogP contribution in [0, 0.1) is 17.2 Å². The second-order valence-corrected chi connectivity index (χ2v) is 7.20. The van der Waals surface area contributed by atoms with Crippen molar-refractivity contribution in [1.29, 1.82) is 5.26 Å². The molecule has 3 rings (SSSR count). The first-order valence-corrected chi connectivity index (χ1v) is 9.18. The van der Waals surface area contributed by atoms with Crippen molar-refractivity contribution in [2.75, 3.05) is 5.32 Å². The van der Waals surface area contributed by atoms with E-state index in [9.17, 15) is 33.4 Å². The van der Waals surface area contributed by atoms with Crippen LogP contribution in [0.15, 0.2) is 30.5 Å². The average Bonchev–Trinajstić information content (AvgIpc) is 3.11. The van der Waals surface area contributed by atoms with Gasteiger partial charge in [-0.3, -0.25) is 9.48 Å². The van der Waals surface area contributed by atoms with Crippen molar-refractivity contribution in [2.24, 2.45) is 11.7 Å². The third-order valence-corrected chi connectivity index (χ3v) is 5.09. The molecule has 1 fully saturated rings. The molecule has 0 unspecified atom stereocenters. The first-order chi connectivity index (χ1) is 14.1. The smallest absolute Gasteiger partial charge is 0.393 e. The number of carbonyl (C=O) groups excluding carboxylic acids is 1. The van der Waals surface area contributed by atoms with Crippen LogP contribution in [0.4, 0.5) is 24.7 Å². The zero-order valence-corrected chi connectivity index (χ0v) is 15.7. The maximum atomic E-state index is 12.6. The van der Waals surface area contributed by atoms with Crippen LogP contribution in [0.1, 0.15) is 47.3 Å². The molecule has 1 heterocycles. The van der Waals surface area contributed by atoms with Gasteiger partial charge in [0.25, 0.3) is 5.91 Å². The van der Waals surface area contributed by atoms with E-state index in [2.05, 4.69) is 16.5 Å². The number of rotatable bonds is 5. The van der Waals surface area contributed by atoms with Crippen LogP contribution in [-0.2, 0) is 0 Å². The van der Waals surface area contributed by atoms with Gasteiger partial charge in [-0.05, 0) is 37.0 Å². The molecular weight excluding hydrogens is 403 g/mol. The highest BCUT2D eigenvalue weighted by Gasteiger charge is 2.39. The standard InChI is InChI=1S/C19H20F3N5O3/c20-19(21,22)16(29)10-1-3-12(4-2-10)25-18-14(17(24)30)9-27(26-18)15-6-5-13(28)7-11(15)8-23/h1-4,9,11,13,15-16,28-29H,5-7H2,(H2,24,30)(H,25,26)/t11-,13-,15+,16-/m1/s1. The Morgan fingerprint density at radius 3 is 2.57 bits per heavy atom. The van der Waals surface area contributed by atoms with Gasteiger partial charge in [0.15, 0.2) is 11.9 Å². The van der Waals surface area contributed by atoms with Crippen LogP contribution in [0.25, 0.3) is 0 Å². The number of hydrogen-bond acceptors (Lipinski definition) is 6. The predicted molar refractivity (Wildman–Crippen MR) is 99.5 cm³/mol. The molecule has 160 valence electrons. The van der Waals surface area contributed by atoms with Gasteiger partial charge in [-0.1, -0.05) is 12.1 Å². The number of nitrogens with one attached hydrogen (secondary N) is 1. The minimum Gasteiger partial charge on any atom is -0.393 e. The summed E-state index contributed by atoms with van der Waals surface area (Å²) < 4.78 is 39.3. The van der Waals surface area contributed by atoms with E-state index in [0.29, 0.717) is 24.9 Å². The summed E-state index contributed by atoms with van der Waals surface area (Å²) in [6.45, 7) is 0. The average molecular weight is 423 g/mol. The van der Waals surface area contributed by atoms with E-state index in [0.717, 1.165) is 12.1 Å². The van der Waals surface area contributed by atoms with Gasteiger partial charge in [0.2, 0.25) is 0 Å². The molecule has 1 aliphatic carbocycles. The lowest BCUT2D eigenvalue weighted by atomic mass is 9.84. The Labute approximate surface area is 169 Å². The van der Waals surface area contributed by atoms with Gasteiger partial charge >= 0.3 is 6.18 Å². The number of nitriles is 1. The predicted octanol–water partition coefficient (Wildman–Crippen LogP) is 2.55. The van der Waals surface area contributed by atoms with Crippen LogP contribution in [0.5, 0.6) is 0 Å². The van der Waals surface area contributed by atoms with E-state index in [1.165, 1.54) is 23.0 Å². The molecule has 0 spiro atoms. The number of aliphatic hydroxyl groups is 2. The molecular formula is C19H20F3N5O3. The lowest BCUT2D eigenvalue weighted by molar-refractivity contribution is -0.206. The molecule has 0 radical (unpaired) electrons. The van der Waals surface area contributed by atoms with Crippen molar-refractivity contribution in [3.05, 3.63) is 41.6 Å². The van der Waals surface area contributed by atoms with E-state index in [4.69, 9.17) is 5.73 Å². The third kappa shape index (κ3) is 4.55. The first kappa shape index (κ1) is 21.6. The normalized spacial score (nSPS) is 22.9. The molecule has 0 aliphatic heterocycles. The van der Waals surface area contributed by atoms with Gasteiger partial charge < -0.3 is 21.3 Å². The van der Waals surface area contributed by atoms with Gasteiger partial charge in [-0.2, -0.15) is 23.5 Å². The Morgan fingerprint density at radius 1 is 1.33 bits per heavy atom. The molecule has 1 saturated carbocycles. The zero-order valence-electron chi connectivity index (χ0n) is 15.7. The molecule has 0 bridgehead atoms. The van der Waals surface area contributed by atoms with Crippen LogP contribution < -0.4 is 11.1 Å². The fourth-order valence-corrected chi connectivity index (χ4v) is 3.50. The Hall–Kier alpha value is -3.10. The minimum absolute atomic E-state index is 0.0530. The van der Waals surface area contributed by atoms with Gasteiger partial charge in [0.05, 0.1) is 24.1 Å². The molecule has 1 amide bonds. The molecule has 11 heteroatoms. The second kappa shape index (κ2) is 8.33. The van der Waals surface area contributed by atoms with E-state index < -0.39 is 30.2 Å². The van der Waals surface area contributed by atoms with Crippen molar-refractivity contribution in [3.63, 3.8) is 0 Å². The summed E-state index contributed by atoms with van der Waals surface area (Å²) >= 11 is 0. The molecule has 0 saturated heterocycles. The lowest BCUT2D eigenvalue weighted by Gasteiger charge is -2.30. The van der Waals surface area contributed by atoms with E-state index in [1.54, 1.807) is 0 Å². The van der Waals surface area contributed by atoms with Crippen molar-refractivity contribution in [1.82, 2.24) is 9.78 Å². The van der Waals surface area contributed by atoms with Crippen LogP contribution in [0.2, 0.25) is 0 Å². The van der Waals surface area contributed by atoms with E-state index in [1.807, 2.05) is 0 Å². The summed E-state index contributed by atoms with van der Waals surface area (Å²) in [5.74, 6) is -1.17. The van der Waals surface area contributed by atoms with Crippen molar-refractivity contribution in [2.45, 2.75) is 43.7 Å². The minimum atomic E-state index is -4.78. The topological polar surface area (TPSA) is 137 Å². The molecule has 8 nitrogen and oxygen atoms in total. The van der Waals surface area contributed by atoms with Gasteiger partial charge in [0, 0.05) is 11.9 Å². The SMILES string of the molecule is N#C[C@H]1C[C@H](O)CC[C@@H]1n1cc(C(N)=O)c(Nc2ccc([C@@H](O)C(F)(F)F)cc2)n1. The number of primary amides is 1. The number of benzene rings is 1. The summed E-state index contributed by atoms with van der Waals surface area (Å²) in [7, 11) is 0. The monoisotopic (exact) mass is 423 g/mol. The van der Waals surface area contributed by atoms with Crippen molar-refractivity contribution < 1.29 is 28.2 Å². The summed E-state index contributed by atoms with van der Waals surface area (Å²) in [5.41, 5.74) is 5.47. The van der Waals surface area contributed by atoms with Crippen LogP contribution in [0.3, 0.4) is 0 Å². The van der Waals surface area contributed by atoms with E-state index in [-0.39, 0.29) is 23.0 Å². The number of nitrogens with two attached hydrogens (primary N) is 1. The fourth-order valence-electron chi connectivity index (χ4n) is 3.50. The third-order valence-electron chi connectivity index (χ3n) is 5.09. The first-order valence-electron chi connectivity index (χ1n) is 9.18. The number of nitrogens with zero attached hydrogens (tertiary/aromatic N) is 3. The highest BCUT2D eigenvalue weighted by Crippen LogP contribution is 2.35. The largest absolute Gasteiger partial charge is 0.418 e. The summed E-state index contributed by atoms with van der Waals surface area (Å²) in [6, 6.07) is 6.63. The van der Waals surface area contributed by atoms with Crippen molar-refractivity contribution in [3.8, 4) is 6.07 Å². The number of hydrogen-bond donors (Lipinski definition) is 4. The number of amides is 1. The van der Waals surface area contributed by atoms with E-state index >= 15 is 0 Å². The molecule has 4 atom stereocenters. The van der Waals surface area contributed by atoms with Crippen LogP contribution >= 0.6 is 0 Å². The Bertz CT molecular complexity index is 952. The number of aromatic nitrogens is 2. The fraction of sp³-hybridized carbons (Fsp3) is 0.421. The van der Waals surface area contributed by atoms with Gasteiger partial charge in [-0.15, -0.1) is 0 Å². The van der Waals surface area contributed by atoms with Crippen LogP contribution in [-0.4, -0.2) is 38.2 Å². The summed E-state index contributed by atoms with van der Waals surface area (Å²) in [6.07, 6.45) is -5.27. The molecule has 30 heavy (non-hydrogen) atoms. The molecule has 1 aromatic heterocycles. The maximum absolute atomic E-state index is 12.6. The Balaban J connectivity index is 1.84. The highest BCUT2D eigenvalue weighted by atomic mass is 19.4. The molecule has 5 N–H and O–H groups in total. The molecule has 2 aromatic rings. The van der Waals surface area contributed by atoms with Gasteiger partial charge in [0.1, 0.15) is 5.56 Å². The maximum Gasteiger partial charge on any atom is 0.418 e. The number of aliphatic hydroxyl groups excluding tert-OH is 2. The summed E-state index contributed by atoms with van der Waals surface area (Å²) in [5, 5.41) is 35.6. The number of carbonyl (C=O) groups is 1. The Kier molecular flexibility index (Phi) is 6.00. The van der Waals surface area contributed by atoms with Crippen molar-refractivity contribution >= 4 is 17.4 Å². The summed E-state index contributed by atoms with van der Waals surface area (Å²) in [4.78, 5) is 11.8. The zero-order chi connectivity index (χ0) is 22.1. The molecule has 1 aromatic carbocycles. The second-order valence-electron chi connectivity index (χ2n) is 7.20. The lowest BCUT2D eigenvalue weighted by Crippen LogP contribution is -2.29. The molecule has 1 aliphatic rings. The quantitative estimate of drug-likeness (QED) is 0.583. The number of halogens is 3. The number of anilines is 2.